The van der Waals surface area contributed by atoms with Gasteiger partial charge in [0.05, 0.1) is 17.6 Å². The molecule has 2 N–H and O–H groups in total. The summed E-state index contributed by atoms with van der Waals surface area (Å²) >= 11 is 0. The minimum Gasteiger partial charge on any atom is -0.481 e. The van der Waals surface area contributed by atoms with E-state index >= 15 is 0 Å². The summed E-state index contributed by atoms with van der Waals surface area (Å²) < 4.78 is 5.69. The number of likely N-dealkylation sites (tertiary alicyclic amines) is 1. The number of carbonyl (C=O) groups is 2. The molecule has 2 amide bonds. The van der Waals surface area contributed by atoms with Crippen LogP contribution in [0.4, 0.5) is 4.79 Å². The molecule has 0 aromatic heterocycles. The Hall–Kier alpha value is -1.30. The molecular weight excluding hydrogens is 260 g/mol. The van der Waals surface area contributed by atoms with Crippen LogP contribution in [0.15, 0.2) is 0 Å². The third kappa shape index (κ3) is 2.90. The maximum Gasteiger partial charge on any atom is 0.317 e. The lowest BCUT2D eigenvalue weighted by atomic mass is 9.82. The second-order valence-electron chi connectivity index (χ2n) is 5.81. The van der Waals surface area contributed by atoms with Gasteiger partial charge in [0.25, 0.3) is 0 Å². The molecule has 2 saturated heterocycles. The molecule has 2 aliphatic rings. The van der Waals surface area contributed by atoms with Gasteiger partial charge in [0.2, 0.25) is 0 Å². The second kappa shape index (κ2) is 5.99. The maximum atomic E-state index is 12.2. The zero-order valence-corrected chi connectivity index (χ0v) is 12.2. The van der Waals surface area contributed by atoms with Gasteiger partial charge in [-0.05, 0) is 25.7 Å². The van der Waals surface area contributed by atoms with E-state index in [1.807, 2.05) is 13.8 Å². The first-order valence-electron chi connectivity index (χ1n) is 7.42. The number of carbonyl (C=O) groups excluding carboxylic acids is 1. The average Bonchev–Trinajstić information content (AvgIpc) is 2.78. The maximum absolute atomic E-state index is 12.2. The van der Waals surface area contributed by atoms with Crippen LogP contribution < -0.4 is 5.32 Å². The molecule has 2 fully saturated rings. The molecule has 2 heterocycles. The highest BCUT2D eigenvalue weighted by Crippen LogP contribution is 2.27. The molecule has 2 rings (SSSR count). The van der Waals surface area contributed by atoms with Gasteiger partial charge >= 0.3 is 12.0 Å². The number of amides is 2. The second-order valence-corrected chi connectivity index (χ2v) is 5.81. The van der Waals surface area contributed by atoms with Gasteiger partial charge in [-0.2, -0.15) is 0 Å². The Bertz CT molecular complexity index is 369. The molecule has 6 heteroatoms. The van der Waals surface area contributed by atoms with E-state index in [0.29, 0.717) is 25.9 Å². The summed E-state index contributed by atoms with van der Waals surface area (Å²) in [5.41, 5.74) is -0.860. The third-order valence-corrected chi connectivity index (χ3v) is 4.72. The summed E-state index contributed by atoms with van der Waals surface area (Å²) in [4.78, 5) is 25.3. The first-order valence-corrected chi connectivity index (χ1v) is 7.42. The van der Waals surface area contributed by atoms with Gasteiger partial charge in [0.1, 0.15) is 0 Å². The molecule has 6 nitrogen and oxygen atoms in total. The summed E-state index contributed by atoms with van der Waals surface area (Å²) in [6, 6.07) is -0.169. The van der Waals surface area contributed by atoms with Crippen LogP contribution in [-0.4, -0.2) is 53.8 Å². The van der Waals surface area contributed by atoms with Crippen LogP contribution in [0.2, 0.25) is 0 Å². The highest BCUT2D eigenvalue weighted by Gasteiger charge is 2.38. The molecule has 2 unspecified atom stereocenters. The number of nitrogens with one attached hydrogen (secondary N) is 1. The van der Waals surface area contributed by atoms with E-state index in [4.69, 9.17) is 4.74 Å². The summed E-state index contributed by atoms with van der Waals surface area (Å²) in [6.45, 7) is 5.10. The molecule has 0 aliphatic carbocycles. The molecule has 0 aromatic carbocycles. The lowest BCUT2D eigenvalue weighted by Gasteiger charge is -2.34. The smallest absolute Gasteiger partial charge is 0.317 e. The van der Waals surface area contributed by atoms with E-state index < -0.39 is 11.4 Å². The zero-order valence-electron chi connectivity index (χ0n) is 12.2. The van der Waals surface area contributed by atoms with Crippen molar-refractivity contribution in [2.24, 2.45) is 5.41 Å². The van der Waals surface area contributed by atoms with Gasteiger partial charge in [-0.15, -0.1) is 0 Å². The average molecular weight is 284 g/mol. The van der Waals surface area contributed by atoms with Gasteiger partial charge in [0, 0.05) is 19.6 Å². The quantitative estimate of drug-likeness (QED) is 0.801. The number of aliphatic carboxylic acids is 1. The number of carboxylic acids is 1. The van der Waals surface area contributed by atoms with Crippen LogP contribution in [0.3, 0.4) is 0 Å². The molecule has 2 bridgehead atoms. The van der Waals surface area contributed by atoms with E-state index in [9.17, 15) is 14.7 Å². The molecule has 0 radical (unpaired) electrons. The monoisotopic (exact) mass is 284 g/mol. The Morgan fingerprint density at radius 1 is 1.25 bits per heavy atom. The molecule has 114 valence electrons. The Morgan fingerprint density at radius 3 is 2.25 bits per heavy atom. The minimum atomic E-state index is -0.860. The number of carboxylic acid groups (broad SMARTS) is 1. The van der Waals surface area contributed by atoms with Crippen LogP contribution in [0.1, 0.15) is 39.5 Å². The number of ether oxygens (including phenoxy) is 1. The highest BCUT2D eigenvalue weighted by molar-refractivity contribution is 5.78. The molecule has 20 heavy (non-hydrogen) atoms. The fourth-order valence-corrected chi connectivity index (χ4v) is 3.02. The largest absolute Gasteiger partial charge is 0.481 e. The Kier molecular flexibility index (Phi) is 4.52. The third-order valence-electron chi connectivity index (χ3n) is 4.72. The van der Waals surface area contributed by atoms with E-state index in [1.54, 1.807) is 4.90 Å². The zero-order chi connectivity index (χ0) is 14.8. The lowest BCUT2D eigenvalue weighted by Crippen LogP contribution is -2.52. The van der Waals surface area contributed by atoms with E-state index in [-0.39, 0.29) is 24.8 Å². The van der Waals surface area contributed by atoms with Crippen molar-refractivity contribution in [2.45, 2.75) is 51.7 Å². The van der Waals surface area contributed by atoms with Gasteiger partial charge in [-0.3, -0.25) is 4.79 Å². The van der Waals surface area contributed by atoms with Gasteiger partial charge in [0.15, 0.2) is 0 Å². The van der Waals surface area contributed by atoms with Crippen LogP contribution in [0, 0.1) is 5.41 Å². The van der Waals surface area contributed by atoms with Crippen molar-refractivity contribution in [3.63, 3.8) is 0 Å². The topological polar surface area (TPSA) is 78.9 Å². The fourth-order valence-electron chi connectivity index (χ4n) is 3.02. The van der Waals surface area contributed by atoms with Crippen LogP contribution in [0.25, 0.3) is 0 Å². The number of rotatable bonds is 5. The predicted molar refractivity (Wildman–Crippen MR) is 73.5 cm³/mol. The lowest BCUT2D eigenvalue weighted by molar-refractivity contribution is -0.149. The van der Waals surface area contributed by atoms with Crippen molar-refractivity contribution in [1.29, 1.82) is 0 Å². The standard InChI is InChI=1S/C14H24N2O4/c1-3-14(4-2,12(17)18)9-15-13(19)16-7-10-5-6-11(8-16)20-10/h10-11H,3-9H2,1-2H3,(H,15,19)(H,17,18). The van der Waals surface area contributed by atoms with Gasteiger partial charge in [-0.1, -0.05) is 13.8 Å². The predicted octanol–water partition coefficient (Wildman–Crippen LogP) is 1.45. The molecule has 0 aromatic rings. The molecule has 0 spiro atoms. The molecule has 0 saturated carbocycles. The normalized spacial score (nSPS) is 25.6. The number of hydrogen-bond donors (Lipinski definition) is 2. The van der Waals surface area contributed by atoms with Gasteiger partial charge in [-0.25, -0.2) is 4.79 Å². The first kappa shape index (κ1) is 15.1. The van der Waals surface area contributed by atoms with Crippen LogP contribution in [0.5, 0.6) is 0 Å². The number of nitrogens with zero attached hydrogens (tertiary/aromatic N) is 1. The molecular formula is C14H24N2O4. The molecule has 2 aliphatic heterocycles. The van der Waals surface area contributed by atoms with Crippen molar-refractivity contribution in [2.75, 3.05) is 19.6 Å². The first-order chi connectivity index (χ1) is 9.50. The number of hydrogen-bond acceptors (Lipinski definition) is 3. The summed E-state index contributed by atoms with van der Waals surface area (Å²) in [5.74, 6) is -0.843. The highest BCUT2D eigenvalue weighted by atomic mass is 16.5. The summed E-state index contributed by atoms with van der Waals surface area (Å²) in [7, 11) is 0. The van der Waals surface area contributed by atoms with E-state index in [2.05, 4.69) is 5.32 Å². The van der Waals surface area contributed by atoms with Gasteiger partial charge < -0.3 is 20.1 Å². The Morgan fingerprint density at radius 2 is 1.80 bits per heavy atom. The number of urea groups is 1. The Labute approximate surface area is 119 Å². The van der Waals surface area contributed by atoms with E-state index in [1.165, 1.54) is 0 Å². The van der Waals surface area contributed by atoms with Crippen LogP contribution in [-0.2, 0) is 9.53 Å². The van der Waals surface area contributed by atoms with Crippen LogP contribution >= 0.6 is 0 Å². The summed E-state index contributed by atoms with van der Waals surface area (Å²) in [5, 5.41) is 12.2. The van der Waals surface area contributed by atoms with Crippen molar-refractivity contribution in [3.8, 4) is 0 Å². The van der Waals surface area contributed by atoms with Crippen molar-refractivity contribution in [1.82, 2.24) is 10.2 Å². The van der Waals surface area contributed by atoms with Crippen molar-refractivity contribution >= 4 is 12.0 Å². The number of morpholine rings is 1. The molecule has 2 atom stereocenters. The SMILES string of the molecule is CCC(CC)(CNC(=O)N1CC2CCC(C1)O2)C(=O)O. The van der Waals surface area contributed by atoms with E-state index in [0.717, 1.165) is 12.8 Å². The van der Waals surface area contributed by atoms with Crippen molar-refractivity contribution < 1.29 is 19.4 Å². The Balaban J connectivity index is 1.89. The number of fused-ring (bicyclic) bond motifs is 2. The van der Waals surface area contributed by atoms with Crippen molar-refractivity contribution in [3.05, 3.63) is 0 Å². The summed E-state index contributed by atoms with van der Waals surface area (Å²) in [6.07, 6.45) is 3.35. The fraction of sp³-hybridized carbons (Fsp3) is 0.857. The minimum absolute atomic E-state index is 0.154.